The summed E-state index contributed by atoms with van der Waals surface area (Å²) in [6.45, 7) is 3.98. The van der Waals surface area contributed by atoms with Crippen LogP contribution in [0, 0.1) is 13.8 Å². The molecule has 0 saturated carbocycles. The maximum absolute atomic E-state index is 12.7. The highest BCUT2D eigenvalue weighted by molar-refractivity contribution is 7.89. The van der Waals surface area contributed by atoms with E-state index in [-0.39, 0.29) is 23.5 Å². The molecule has 7 nitrogen and oxygen atoms in total. The lowest BCUT2D eigenvalue weighted by atomic mass is 10.1. The van der Waals surface area contributed by atoms with Crippen molar-refractivity contribution in [2.45, 2.75) is 25.3 Å². The monoisotopic (exact) mass is 440 g/mol. The Bertz CT molecular complexity index is 1390. The van der Waals surface area contributed by atoms with Crippen molar-refractivity contribution in [3.8, 4) is 10.6 Å². The molecule has 0 atom stereocenters. The number of sulfonamides is 1. The third kappa shape index (κ3) is 4.18. The molecule has 0 bridgehead atoms. The fraction of sp³-hybridized carbons (Fsp3) is 0.190. The van der Waals surface area contributed by atoms with Gasteiger partial charge >= 0.3 is 0 Å². The van der Waals surface area contributed by atoms with Crippen molar-refractivity contribution < 1.29 is 8.42 Å². The Hall–Kier alpha value is -2.88. The van der Waals surface area contributed by atoms with Gasteiger partial charge in [-0.1, -0.05) is 30.3 Å². The van der Waals surface area contributed by atoms with Gasteiger partial charge in [0, 0.05) is 12.6 Å². The minimum Gasteiger partial charge on any atom is -0.268 e. The van der Waals surface area contributed by atoms with Crippen molar-refractivity contribution >= 4 is 32.1 Å². The molecule has 0 aliphatic carbocycles. The summed E-state index contributed by atoms with van der Waals surface area (Å²) in [5.41, 5.74) is 1.21. The maximum Gasteiger partial charge on any atom is 0.266 e. The molecule has 0 amide bonds. The summed E-state index contributed by atoms with van der Waals surface area (Å²) in [6, 6.07) is 15.7. The van der Waals surface area contributed by atoms with E-state index in [0.29, 0.717) is 5.69 Å². The van der Waals surface area contributed by atoms with E-state index in [4.69, 9.17) is 0 Å². The normalized spacial score (nSPS) is 11.8. The van der Waals surface area contributed by atoms with Gasteiger partial charge in [0.05, 0.1) is 27.0 Å². The van der Waals surface area contributed by atoms with Crippen molar-refractivity contribution in [1.29, 1.82) is 0 Å². The third-order valence-electron chi connectivity index (χ3n) is 4.65. The topological polar surface area (TPSA) is 94.0 Å². The molecule has 0 spiro atoms. The number of rotatable bonds is 6. The molecule has 0 unspecified atom stereocenters. The summed E-state index contributed by atoms with van der Waals surface area (Å²) in [7, 11) is -3.70. The van der Waals surface area contributed by atoms with Crippen molar-refractivity contribution in [1.82, 2.24) is 19.5 Å². The van der Waals surface area contributed by atoms with Gasteiger partial charge in [0.25, 0.3) is 5.56 Å². The molecule has 2 aromatic carbocycles. The van der Waals surface area contributed by atoms with Crippen molar-refractivity contribution in [2.24, 2.45) is 0 Å². The van der Waals surface area contributed by atoms with Crippen LogP contribution in [0.2, 0.25) is 0 Å². The number of hydrogen-bond acceptors (Lipinski definition) is 6. The average Bonchev–Trinajstić information content (AvgIpc) is 3.07. The van der Waals surface area contributed by atoms with Gasteiger partial charge in [0.2, 0.25) is 10.0 Å². The quantitative estimate of drug-likeness (QED) is 0.497. The summed E-state index contributed by atoms with van der Waals surface area (Å²) in [5, 5.41) is 7.13. The van der Waals surface area contributed by atoms with Crippen LogP contribution in [-0.2, 0) is 16.6 Å². The molecule has 154 valence electrons. The van der Waals surface area contributed by atoms with Crippen LogP contribution >= 0.6 is 11.3 Å². The summed E-state index contributed by atoms with van der Waals surface area (Å²) in [4.78, 5) is 17.7. The minimum absolute atomic E-state index is 0.0478. The van der Waals surface area contributed by atoms with Gasteiger partial charge in [-0.05, 0) is 42.8 Å². The molecule has 1 N–H and O–H groups in total. The molecule has 0 fully saturated rings. The Morgan fingerprint density at radius 2 is 1.80 bits per heavy atom. The van der Waals surface area contributed by atoms with Gasteiger partial charge in [-0.3, -0.25) is 4.79 Å². The van der Waals surface area contributed by atoms with Gasteiger partial charge in [0.15, 0.2) is 0 Å². The lowest BCUT2D eigenvalue weighted by Crippen LogP contribution is -2.32. The van der Waals surface area contributed by atoms with Crippen LogP contribution in [0.5, 0.6) is 0 Å². The third-order valence-corrected chi connectivity index (χ3v) is 7.20. The molecule has 9 heteroatoms. The van der Waals surface area contributed by atoms with Gasteiger partial charge in [-0.15, -0.1) is 11.3 Å². The van der Waals surface area contributed by atoms with E-state index >= 15 is 0 Å². The molecule has 0 radical (unpaired) electrons. The fourth-order valence-electron chi connectivity index (χ4n) is 3.20. The summed E-state index contributed by atoms with van der Waals surface area (Å²) in [6.07, 6.45) is 0. The van der Waals surface area contributed by atoms with Gasteiger partial charge in [0.1, 0.15) is 5.69 Å². The first kappa shape index (κ1) is 20.4. The zero-order valence-corrected chi connectivity index (χ0v) is 18.1. The van der Waals surface area contributed by atoms with Gasteiger partial charge < -0.3 is 0 Å². The molecule has 0 saturated heterocycles. The minimum atomic E-state index is -3.70. The largest absolute Gasteiger partial charge is 0.268 e. The van der Waals surface area contributed by atoms with Crippen LogP contribution in [0.25, 0.3) is 21.3 Å². The Labute approximate surface area is 178 Å². The predicted octanol–water partition coefficient (Wildman–Crippen LogP) is 3.12. The summed E-state index contributed by atoms with van der Waals surface area (Å²) >= 11 is 1.51. The zero-order valence-electron chi connectivity index (χ0n) is 16.5. The number of nitrogens with zero attached hydrogens (tertiary/aromatic N) is 3. The van der Waals surface area contributed by atoms with Crippen LogP contribution < -0.4 is 10.3 Å². The SMILES string of the molecule is Cc1nc(C)c(-c2ccc(=O)n(CCNS(=O)(=O)c3ccc4ccccc4c3)n2)s1. The lowest BCUT2D eigenvalue weighted by Gasteiger charge is -2.09. The van der Waals surface area contributed by atoms with E-state index in [1.807, 2.05) is 38.1 Å². The molecule has 2 heterocycles. The first-order chi connectivity index (χ1) is 14.3. The Morgan fingerprint density at radius 3 is 2.53 bits per heavy atom. The molecular formula is C21H20N4O3S2. The van der Waals surface area contributed by atoms with E-state index in [1.165, 1.54) is 22.1 Å². The molecule has 2 aromatic heterocycles. The molecular weight excluding hydrogens is 420 g/mol. The van der Waals surface area contributed by atoms with Crippen molar-refractivity contribution in [3.05, 3.63) is 75.7 Å². The lowest BCUT2D eigenvalue weighted by molar-refractivity contribution is 0.549. The Morgan fingerprint density at radius 1 is 1.03 bits per heavy atom. The molecule has 0 aliphatic rings. The number of aryl methyl sites for hydroxylation is 2. The van der Waals surface area contributed by atoms with Crippen LogP contribution in [0.1, 0.15) is 10.7 Å². The summed E-state index contributed by atoms with van der Waals surface area (Å²) < 4.78 is 29.1. The fourth-order valence-corrected chi connectivity index (χ4v) is 5.14. The Balaban J connectivity index is 1.51. The maximum atomic E-state index is 12.7. The zero-order chi connectivity index (χ0) is 21.3. The number of benzene rings is 2. The number of hydrogen-bond donors (Lipinski definition) is 1. The highest BCUT2D eigenvalue weighted by atomic mass is 32.2. The average molecular weight is 441 g/mol. The van der Waals surface area contributed by atoms with Crippen molar-refractivity contribution in [3.63, 3.8) is 0 Å². The molecule has 4 aromatic rings. The molecule has 30 heavy (non-hydrogen) atoms. The Kier molecular flexibility index (Phi) is 5.50. The van der Waals surface area contributed by atoms with E-state index in [1.54, 1.807) is 24.3 Å². The summed E-state index contributed by atoms with van der Waals surface area (Å²) in [5.74, 6) is 0. The number of fused-ring (bicyclic) bond motifs is 1. The van der Waals surface area contributed by atoms with E-state index in [0.717, 1.165) is 26.4 Å². The predicted molar refractivity (Wildman–Crippen MR) is 118 cm³/mol. The first-order valence-corrected chi connectivity index (χ1v) is 11.6. The van der Waals surface area contributed by atoms with E-state index < -0.39 is 10.0 Å². The number of thiazole rings is 1. The molecule has 0 aliphatic heterocycles. The number of aromatic nitrogens is 3. The van der Waals surface area contributed by atoms with Crippen molar-refractivity contribution in [2.75, 3.05) is 6.54 Å². The smallest absolute Gasteiger partial charge is 0.266 e. The van der Waals surface area contributed by atoms with Gasteiger partial charge in [-0.2, -0.15) is 5.10 Å². The van der Waals surface area contributed by atoms with Crippen LogP contribution in [-0.4, -0.2) is 29.7 Å². The highest BCUT2D eigenvalue weighted by Gasteiger charge is 2.15. The first-order valence-electron chi connectivity index (χ1n) is 9.34. The van der Waals surface area contributed by atoms with Crippen LogP contribution in [0.15, 0.2) is 64.3 Å². The molecule has 4 rings (SSSR count). The van der Waals surface area contributed by atoms with Crippen LogP contribution in [0.4, 0.5) is 0 Å². The highest BCUT2D eigenvalue weighted by Crippen LogP contribution is 2.27. The standard InChI is InChI=1S/C21H20N4O3S2/c1-14-21(29-15(2)23-14)19-9-10-20(26)25(24-19)12-11-22-30(27,28)18-8-7-16-5-3-4-6-17(16)13-18/h3-10,13,22H,11-12H2,1-2H3. The second-order valence-corrected chi connectivity index (χ2v) is 9.80. The van der Waals surface area contributed by atoms with E-state index in [2.05, 4.69) is 14.8 Å². The van der Waals surface area contributed by atoms with Gasteiger partial charge in [-0.25, -0.2) is 22.8 Å². The number of nitrogens with one attached hydrogen (secondary N) is 1. The van der Waals surface area contributed by atoms with Crippen LogP contribution in [0.3, 0.4) is 0 Å². The second kappa shape index (κ2) is 8.10. The second-order valence-electron chi connectivity index (χ2n) is 6.83. The van der Waals surface area contributed by atoms with E-state index in [9.17, 15) is 13.2 Å².